The molecule has 0 saturated heterocycles. The minimum Gasteiger partial charge on any atom is -0.468 e. The van der Waals surface area contributed by atoms with E-state index < -0.39 is 22.6 Å². The molecule has 0 bridgehead atoms. The Balaban J connectivity index is 1.56. The predicted molar refractivity (Wildman–Crippen MR) is 122 cm³/mol. The normalized spacial score (nSPS) is 11.4. The third-order valence-electron chi connectivity index (χ3n) is 4.88. The lowest BCUT2D eigenvalue weighted by molar-refractivity contribution is -0.136. The van der Waals surface area contributed by atoms with Gasteiger partial charge in [-0.05, 0) is 55.8 Å². The van der Waals surface area contributed by atoms with Crippen molar-refractivity contribution in [1.82, 2.24) is 9.62 Å². The Kier molecular flexibility index (Phi) is 8.02. The summed E-state index contributed by atoms with van der Waals surface area (Å²) in [4.78, 5) is 26.6. The summed E-state index contributed by atoms with van der Waals surface area (Å²) in [6, 6.07) is 18.1. The maximum atomic E-state index is 12.6. The Labute approximate surface area is 193 Å². The average molecular weight is 471 g/mol. The van der Waals surface area contributed by atoms with E-state index in [0.29, 0.717) is 12.3 Å². The minimum absolute atomic E-state index is 0.00414. The Morgan fingerprint density at radius 2 is 1.70 bits per heavy atom. The number of sulfonamides is 1. The van der Waals surface area contributed by atoms with Crippen LogP contribution >= 0.6 is 0 Å². The van der Waals surface area contributed by atoms with Crippen LogP contribution in [0, 0.1) is 0 Å². The summed E-state index contributed by atoms with van der Waals surface area (Å²) in [5, 5.41) is 0. The molecular formula is C24H26N2O6S. The Bertz CT molecular complexity index is 1160. The molecule has 0 aliphatic carbocycles. The first-order valence-corrected chi connectivity index (χ1v) is 11.9. The molecule has 8 nitrogen and oxygen atoms in total. The molecule has 0 unspecified atom stereocenters. The maximum absolute atomic E-state index is 12.6. The Morgan fingerprint density at radius 3 is 2.30 bits per heavy atom. The molecule has 0 atom stereocenters. The van der Waals surface area contributed by atoms with Gasteiger partial charge in [-0.3, -0.25) is 4.79 Å². The van der Waals surface area contributed by atoms with Crippen LogP contribution < -0.4 is 4.72 Å². The van der Waals surface area contributed by atoms with Crippen LogP contribution in [0.4, 0.5) is 0 Å². The zero-order chi connectivity index (χ0) is 23.8. The van der Waals surface area contributed by atoms with E-state index in [2.05, 4.69) is 4.72 Å². The fourth-order valence-electron chi connectivity index (χ4n) is 3.07. The van der Waals surface area contributed by atoms with E-state index in [4.69, 9.17) is 9.15 Å². The van der Waals surface area contributed by atoms with E-state index in [1.54, 1.807) is 17.0 Å². The molecule has 1 aromatic heterocycles. The van der Waals surface area contributed by atoms with Gasteiger partial charge in [0.25, 0.3) is 5.91 Å². The largest absolute Gasteiger partial charge is 0.468 e. The van der Waals surface area contributed by atoms with Crippen molar-refractivity contribution in [1.29, 1.82) is 0 Å². The number of hydrogen-bond acceptors (Lipinski definition) is 6. The van der Waals surface area contributed by atoms with Crippen molar-refractivity contribution in [2.24, 2.45) is 0 Å². The standard InChI is InChI=1S/C24H26N2O6S/c1-18(2)26(16-19-7-4-3-5-8-19)23(27)17-32-24(28)20-10-12-22(13-11-20)33(29,30)25-15-21-9-6-14-31-21/h3-14,18,25H,15-17H2,1-2H3. The molecule has 0 spiro atoms. The number of furan rings is 1. The average Bonchev–Trinajstić information content (AvgIpc) is 3.34. The van der Waals surface area contributed by atoms with Crippen molar-refractivity contribution in [2.45, 2.75) is 37.9 Å². The van der Waals surface area contributed by atoms with Gasteiger partial charge >= 0.3 is 5.97 Å². The van der Waals surface area contributed by atoms with Crippen LogP contribution in [0.25, 0.3) is 0 Å². The highest BCUT2D eigenvalue weighted by Gasteiger charge is 2.20. The van der Waals surface area contributed by atoms with Gasteiger partial charge in [-0.2, -0.15) is 0 Å². The summed E-state index contributed by atoms with van der Waals surface area (Å²) in [6.45, 7) is 3.79. The number of carbonyl (C=O) groups is 2. The SMILES string of the molecule is CC(C)N(Cc1ccccc1)C(=O)COC(=O)c1ccc(S(=O)(=O)NCc2ccco2)cc1. The maximum Gasteiger partial charge on any atom is 0.338 e. The quantitative estimate of drug-likeness (QED) is 0.456. The molecule has 1 N–H and O–H groups in total. The van der Waals surface area contributed by atoms with Crippen LogP contribution in [0.3, 0.4) is 0 Å². The molecule has 9 heteroatoms. The third kappa shape index (κ3) is 6.77. The molecule has 3 aromatic rings. The number of benzene rings is 2. The number of nitrogens with one attached hydrogen (secondary N) is 1. The zero-order valence-corrected chi connectivity index (χ0v) is 19.2. The van der Waals surface area contributed by atoms with Crippen molar-refractivity contribution in [3.05, 3.63) is 89.9 Å². The van der Waals surface area contributed by atoms with Crippen molar-refractivity contribution >= 4 is 21.9 Å². The molecule has 0 radical (unpaired) electrons. The van der Waals surface area contributed by atoms with Crippen LogP contribution in [0.5, 0.6) is 0 Å². The first-order chi connectivity index (χ1) is 15.8. The van der Waals surface area contributed by atoms with Crippen LogP contribution in [0.1, 0.15) is 35.5 Å². The van der Waals surface area contributed by atoms with E-state index in [-0.39, 0.29) is 29.0 Å². The van der Waals surface area contributed by atoms with E-state index in [1.807, 2.05) is 44.2 Å². The van der Waals surface area contributed by atoms with Gasteiger partial charge in [0.1, 0.15) is 5.76 Å². The highest BCUT2D eigenvalue weighted by atomic mass is 32.2. The second kappa shape index (κ2) is 10.9. The summed E-state index contributed by atoms with van der Waals surface area (Å²) in [7, 11) is -3.78. The number of rotatable bonds is 10. The number of amides is 1. The fourth-order valence-corrected chi connectivity index (χ4v) is 4.06. The smallest absolute Gasteiger partial charge is 0.338 e. The lowest BCUT2D eigenvalue weighted by Crippen LogP contribution is -2.39. The zero-order valence-electron chi connectivity index (χ0n) is 18.4. The van der Waals surface area contributed by atoms with Gasteiger partial charge in [0.15, 0.2) is 6.61 Å². The number of nitrogens with zero attached hydrogens (tertiary/aromatic N) is 1. The molecule has 1 heterocycles. The fraction of sp³-hybridized carbons (Fsp3) is 0.250. The van der Waals surface area contributed by atoms with E-state index in [1.165, 1.54) is 30.5 Å². The molecule has 0 aliphatic rings. The van der Waals surface area contributed by atoms with Crippen LogP contribution in [0.2, 0.25) is 0 Å². The molecule has 0 aliphatic heterocycles. The summed E-state index contributed by atoms with van der Waals surface area (Å²) in [5.74, 6) is -0.547. The van der Waals surface area contributed by atoms with Gasteiger partial charge in [0, 0.05) is 12.6 Å². The lowest BCUT2D eigenvalue weighted by atomic mass is 10.2. The van der Waals surface area contributed by atoms with Crippen molar-refractivity contribution < 1.29 is 27.2 Å². The minimum atomic E-state index is -3.78. The van der Waals surface area contributed by atoms with Crippen LogP contribution in [-0.2, 0) is 32.6 Å². The number of esters is 1. The van der Waals surface area contributed by atoms with Crippen LogP contribution in [-0.4, -0.2) is 37.8 Å². The van der Waals surface area contributed by atoms with Gasteiger partial charge in [-0.1, -0.05) is 30.3 Å². The first-order valence-electron chi connectivity index (χ1n) is 10.4. The Morgan fingerprint density at radius 1 is 1.00 bits per heavy atom. The van der Waals surface area contributed by atoms with Crippen molar-refractivity contribution in [3.63, 3.8) is 0 Å². The van der Waals surface area contributed by atoms with Gasteiger partial charge in [0.05, 0.1) is 23.3 Å². The van der Waals surface area contributed by atoms with Crippen molar-refractivity contribution in [2.75, 3.05) is 6.61 Å². The van der Waals surface area contributed by atoms with Crippen LogP contribution in [0.15, 0.2) is 82.3 Å². The molecule has 0 saturated carbocycles. The highest BCUT2D eigenvalue weighted by molar-refractivity contribution is 7.89. The molecule has 3 rings (SSSR count). The lowest BCUT2D eigenvalue weighted by Gasteiger charge is -2.26. The van der Waals surface area contributed by atoms with Gasteiger partial charge in [-0.15, -0.1) is 0 Å². The van der Waals surface area contributed by atoms with Gasteiger partial charge in [-0.25, -0.2) is 17.9 Å². The molecule has 33 heavy (non-hydrogen) atoms. The number of ether oxygens (including phenoxy) is 1. The molecule has 2 aromatic carbocycles. The molecule has 174 valence electrons. The third-order valence-corrected chi connectivity index (χ3v) is 6.30. The summed E-state index contributed by atoms with van der Waals surface area (Å²) in [5.41, 5.74) is 1.12. The second-order valence-electron chi connectivity index (χ2n) is 7.61. The van der Waals surface area contributed by atoms with E-state index >= 15 is 0 Å². The molecular weight excluding hydrogens is 444 g/mol. The first kappa shape index (κ1) is 24.2. The molecule has 0 fully saturated rings. The van der Waals surface area contributed by atoms with Gasteiger partial charge < -0.3 is 14.1 Å². The topological polar surface area (TPSA) is 106 Å². The summed E-state index contributed by atoms with van der Waals surface area (Å²) < 4.78 is 37.5. The summed E-state index contributed by atoms with van der Waals surface area (Å²) >= 11 is 0. The Hall–Kier alpha value is -3.43. The predicted octanol–water partition coefficient (Wildman–Crippen LogP) is 3.35. The monoisotopic (exact) mass is 470 g/mol. The molecule has 1 amide bonds. The van der Waals surface area contributed by atoms with E-state index in [9.17, 15) is 18.0 Å². The second-order valence-corrected chi connectivity index (χ2v) is 9.37. The highest BCUT2D eigenvalue weighted by Crippen LogP contribution is 2.13. The van der Waals surface area contributed by atoms with E-state index in [0.717, 1.165) is 5.56 Å². The van der Waals surface area contributed by atoms with Gasteiger partial charge in [0.2, 0.25) is 10.0 Å². The number of carbonyl (C=O) groups excluding carboxylic acids is 2. The van der Waals surface area contributed by atoms with Crippen molar-refractivity contribution in [3.8, 4) is 0 Å². The number of hydrogen-bond donors (Lipinski definition) is 1. The summed E-state index contributed by atoms with van der Waals surface area (Å²) in [6.07, 6.45) is 1.46.